The van der Waals surface area contributed by atoms with Crippen LogP contribution in [0, 0.1) is 11.6 Å². The van der Waals surface area contributed by atoms with Gasteiger partial charge in [0.1, 0.15) is 11.6 Å². The topological polar surface area (TPSA) is 72.3 Å². The van der Waals surface area contributed by atoms with Crippen molar-refractivity contribution in [2.24, 2.45) is 5.73 Å². The SMILES string of the molecule is Nc1cc(F)c([C@@H](N)CO)c(F)c1. The maximum Gasteiger partial charge on any atom is 0.133 e. The third-order valence-electron chi connectivity index (χ3n) is 1.67. The molecule has 0 aliphatic carbocycles. The average Bonchev–Trinajstić information content (AvgIpc) is 2.02. The average molecular weight is 188 g/mol. The summed E-state index contributed by atoms with van der Waals surface area (Å²) in [5.41, 5.74) is 10.1. The first-order valence-corrected chi connectivity index (χ1v) is 3.67. The number of nitrogens with two attached hydrogens (primary N) is 2. The second-order valence-corrected chi connectivity index (χ2v) is 2.69. The minimum Gasteiger partial charge on any atom is -0.399 e. The van der Waals surface area contributed by atoms with Gasteiger partial charge in [-0.15, -0.1) is 0 Å². The Morgan fingerprint density at radius 1 is 1.31 bits per heavy atom. The van der Waals surface area contributed by atoms with Crippen molar-refractivity contribution in [1.82, 2.24) is 0 Å². The molecular weight excluding hydrogens is 178 g/mol. The number of aliphatic hydroxyl groups is 1. The zero-order valence-electron chi connectivity index (χ0n) is 6.80. The molecule has 0 aromatic heterocycles. The fourth-order valence-corrected chi connectivity index (χ4v) is 1.05. The van der Waals surface area contributed by atoms with Gasteiger partial charge in [-0.3, -0.25) is 0 Å². The molecule has 0 amide bonds. The number of nitrogen functional groups attached to an aromatic ring is 1. The maximum absolute atomic E-state index is 13.0. The van der Waals surface area contributed by atoms with Crippen LogP contribution in [0.2, 0.25) is 0 Å². The van der Waals surface area contributed by atoms with Gasteiger partial charge in [-0.25, -0.2) is 8.78 Å². The van der Waals surface area contributed by atoms with Crippen LogP contribution in [0.5, 0.6) is 0 Å². The lowest BCUT2D eigenvalue weighted by Crippen LogP contribution is -2.18. The second-order valence-electron chi connectivity index (χ2n) is 2.69. The Bertz CT molecular complexity index is 294. The first-order valence-electron chi connectivity index (χ1n) is 3.67. The van der Waals surface area contributed by atoms with E-state index in [-0.39, 0.29) is 11.3 Å². The van der Waals surface area contributed by atoms with Gasteiger partial charge >= 0.3 is 0 Å². The minimum atomic E-state index is -1.06. The van der Waals surface area contributed by atoms with Crippen LogP contribution in [0.1, 0.15) is 11.6 Å². The summed E-state index contributed by atoms with van der Waals surface area (Å²) in [5, 5.41) is 8.62. The molecule has 0 spiro atoms. The van der Waals surface area contributed by atoms with Crippen molar-refractivity contribution < 1.29 is 13.9 Å². The predicted octanol–water partition coefficient (Wildman–Crippen LogP) is 0.539. The number of rotatable bonds is 2. The Labute approximate surface area is 74.0 Å². The highest BCUT2D eigenvalue weighted by atomic mass is 19.1. The molecule has 0 unspecified atom stereocenters. The summed E-state index contributed by atoms with van der Waals surface area (Å²) in [7, 11) is 0. The van der Waals surface area contributed by atoms with Gasteiger partial charge < -0.3 is 16.6 Å². The van der Waals surface area contributed by atoms with Gasteiger partial charge in [0.25, 0.3) is 0 Å². The van der Waals surface area contributed by atoms with Gasteiger partial charge in [0, 0.05) is 11.3 Å². The summed E-state index contributed by atoms with van der Waals surface area (Å²) in [6.45, 7) is -0.516. The monoisotopic (exact) mass is 188 g/mol. The Balaban J connectivity index is 3.20. The van der Waals surface area contributed by atoms with E-state index in [2.05, 4.69) is 0 Å². The van der Waals surface area contributed by atoms with Gasteiger partial charge in [-0.2, -0.15) is 0 Å². The van der Waals surface area contributed by atoms with Crippen molar-refractivity contribution in [1.29, 1.82) is 0 Å². The molecule has 1 atom stereocenters. The fourth-order valence-electron chi connectivity index (χ4n) is 1.05. The van der Waals surface area contributed by atoms with E-state index in [9.17, 15) is 8.78 Å². The Morgan fingerprint density at radius 2 is 1.77 bits per heavy atom. The Hall–Kier alpha value is -1.20. The molecule has 3 nitrogen and oxygen atoms in total. The molecular formula is C8H10F2N2O. The van der Waals surface area contributed by atoms with E-state index in [1.165, 1.54) is 0 Å². The lowest BCUT2D eigenvalue weighted by Gasteiger charge is -2.11. The third-order valence-corrected chi connectivity index (χ3v) is 1.67. The molecule has 0 aliphatic rings. The fraction of sp³-hybridized carbons (Fsp3) is 0.250. The number of anilines is 1. The lowest BCUT2D eigenvalue weighted by atomic mass is 10.1. The number of aliphatic hydroxyl groups excluding tert-OH is 1. The number of hydrogen-bond acceptors (Lipinski definition) is 3. The Morgan fingerprint density at radius 3 is 2.15 bits per heavy atom. The molecule has 0 saturated heterocycles. The van der Waals surface area contributed by atoms with E-state index in [4.69, 9.17) is 16.6 Å². The third kappa shape index (κ3) is 1.93. The van der Waals surface area contributed by atoms with Gasteiger partial charge in [-0.05, 0) is 12.1 Å². The van der Waals surface area contributed by atoms with Crippen molar-refractivity contribution in [2.45, 2.75) is 6.04 Å². The van der Waals surface area contributed by atoms with Crippen LogP contribution >= 0.6 is 0 Å². The summed E-state index contributed by atoms with van der Waals surface area (Å²) in [6.07, 6.45) is 0. The van der Waals surface area contributed by atoms with E-state index in [1.54, 1.807) is 0 Å². The van der Waals surface area contributed by atoms with Crippen LogP contribution in [-0.4, -0.2) is 11.7 Å². The molecule has 5 N–H and O–H groups in total. The minimum absolute atomic E-state index is 0.0103. The zero-order valence-corrected chi connectivity index (χ0v) is 6.80. The van der Waals surface area contributed by atoms with Crippen LogP contribution < -0.4 is 11.5 Å². The van der Waals surface area contributed by atoms with Gasteiger partial charge in [0.2, 0.25) is 0 Å². The van der Waals surface area contributed by atoms with Gasteiger partial charge in [0.05, 0.1) is 12.6 Å². The van der Waals surface area contributed by atoms with Crippen LogP contribution in [-0.2, 0) is 0 Å². The second kappa shape index (κ2) is 3.68. The molecule has 5 heteroatoms. The molecule has 0 aliphatic heterocycles. The van der Waals surface area contributed by atoms with Crippen molar-refractivity contribution >= 4 is 5.69 Å². The molecule has 0 saturated carbocycles. The van der Waals surface area contributed by atoms with Crippen molar-refractivity contribution in [3.05, 3.63) is 29.3 Å². The largest absolute Gasteiger partial charge is 0.399 e. The molecule has 1 aromatic rings. The molecule has 0 radical (unpaired) electrons. The van der Waals surface area contributed by atoms with Crippen molar-refractivity contribution in [3.63, 3.8) is 0 Å². The lowest BCUT2D eigenvalue weighted by molar-refractivity contribution is 0.262. The predicted molar refractivity (Wildman–Crippen MR) is 44.8 cm³/mol. The van der Waals surface area contributed by atoms with Crippen LogP contribution in [0.25, 0.3) is 0 Å². The summed E-state index contributed by atoms with van der Waals surface area (Å²) in [5.74, 6) is -1.67. The van der Waals surface area contributed by atoms with E-state index in [0.717, 1.165) is 12.1 Å². The van der Waals surface area contributed by atoms with Crippen LogP contribution in [0.3, 0.4) is 0 Å². The smallest absolute Gasteiger partial charge is 0.133 e. The highest BCUT2D eigenvalue weighted by molar-refractivity contribution is 5.42. The molecule has 0 bridgehead atoms. The van der Waals surface area contributed by atoms with E-state index >= 15 is 0 Å². The molecule has 1 aromatic carbocycles. The molecule has 13 heavy (non-hydrogen) atoms. The molecule has 72 valence electrons. The summed E-state index contributed by atoms with van der Waals surface area (Å²) < 4.78 is 26.1. The van der Waals surface area contributed by atoms with Crippen LogP contribution in [0.15, 0.2) is 12.1 Å². The van der Waals surface area contributed by atoms with E-state index < -0.39 is 24.3 Å². The Kier molecular flexibility index (Phi) is 2.79. The summed E-state index contributed by atoms with van der Waals surface area (Å²) >= 11 is 0. The zero-order chi connectivity index (χ0) is 10.0. The molecule has 1 rings (SSSR count). The van der Waals surface area contributed by atoms with Gasteiger partial charge in [-0.1, -0.05) is 0 Å². The quantitative estimate of drug-likeness (QED) is 0.593. The molecule has 0 heterocycles. The maximum atomic E-state index is 13.0. The van der Waals surface area contributed by atoms with Crippen molar-refractivity contribution in [3.8, 4) is 0 Å². The summed E-state index contributed by atoms with van der Waals surface area (Å²) in [4.78, 5) is 0. The van der Waals surface area contributed by atoms with Crippen LogP contribution in [0.4, 0.5) is 14.5 Å². The standard InChI is InChI=1S/C8H10F2N2O/c9-5-1-4(11)2-6(10)8(5)7(12)3-13/h1-2,7,13H,3,11-12H2/t7-/m0/s1. The number of hydrogen-bond donors (Lipinski definition) is 3. The summed E-state index contributed by atoms with van der Waals surface area (Å²) in [6, 6.07) is 0.877. The number of halogens is 2. The van der Waals surface area contributed by atoms with Gasteiger partial charge in [0.15, 0.2) is 0 Å². The van der Waals surface area contributed by atoms with E-state index in [0.29, 0.717) is 0 Å². The van der Waals surface area contributed by atoms with E-state index in [1.807, 2.05) is 0 Å². The number of benzene rings is 1. The molecule has 0 fully saturated rings. The van der Waals surface area contributed by atoms with Crippen molar-refractivity contribution in [2.75, 3.05) is 12.3 Å². The highest BCUT2D eigenvalue weighted by Gasteiger charge is 2.16. The first kappa shape index (κ1) is 9.88. The highest BCUT2D eigenvalue weighted by Crippen LogP contribution is 2.21. The normalized spacial score (nSPS) is 12.9. The first-order chi connectivity index (χ1) is 6.06.